The normalized spacial score (nSPS) is 10.5. The van der Waals surface area contributed by atoms with E-state index in [-0.39, 0.29) is 29.7 Å². The Hall–Kier alpha value is -2.82. The lowest BCUT2D eigenvalue weighted by Crippen LogP contribution is -2.08. The summed E-state index contributed by atoms with van der Waals surface area (Å²) in [7, 11) is 1.46. The van der Waals surface area contributed by atoms with Crippen LogP contribution in [0.2, 0.25) is 0 Å². The van der Waals surface area contributed by atoms with Gasteiger partial charge in [-0.3, -0.25) is 9.59 Å². The first-order chi connectivity index (χ1) is 13.6. The molecule has 0 aromatic heterocycles. The summed E-state index contributed by atoms with van der Waals surface area (Å²) >= 11 is 0. The first-order valence-electron chi connectivity index (χ1n) is 9.72. The number of ketones is 1. The van der Waals surface area contributed by atoms with Gasteiger partial charge in [0.15, 0.2) is 5.78 Å². The SMILES string of the molecule is CCCCCCCC(=O)OCc1cc(C(=O)c2ccccc2)c(O)cc1OC. The smallest absolute Gasteiger partial charge is 0.306 e. The Kier molecular flexibility index (Phi) is 8.53. The Morgan fingerprint density at radius 2 is 1.71 bits per heavy atom. The number of hydrogen-bond acceptors (Lipinski definition) is 5. The molecule has 2 rings (SSSR count). The van der Waals surface area contributed by atoms with E-state index in [1.165, 1.54) is 25.7 Å². The summed E-state index contributed by atoms with van der Waals surface area (Å²) in [4.78, 5) is 24.7. The van der Waals surface area contributed by atoms with Gasteiger partial charge in [-0.15, -0.1) is 0 Å². The summed E-state index contributed by atoms with van der Waals surface area (Å²) in [5.74, 6) is -0.374. The van der Waals surface area contributed by atoms with Crippen molar-refractivity contribution in [2.75, 3.05) is 7.11 Å². The average molecular weight is 384 g/mol. The monoisotopic (exact) mass is 384 g/mol. The van der Waals surface area contributed by atoms with Gasteiger partial charge >= 0.3 is 5.97 Å². The summed E-state index contributed by atoms with van der Waals surface area (Å²) in [6.07, 6.45) is 5.66. The van der Waals surface area contributed by atoms with Crippen LogP contribution < -0.4 is 4.74 Å². The summed E-state index contributed by atoms with van der Waals surface area (Å²) in [5.41, 5.74) is 1.16. The number of benzene rings is 2. The van der Waals surface area contributed by atoms with Crippen molar-refractivity contribution < 1.29 is 24.2 Å². The molecule has 0 radical (unpaired) electrons. The number of methoxy groups -OCH3 is 1. The number of phenols is 1. The van der Waals surface area contributed by atoms with Crippen LogP contribution in [0, 0.1) is 0 Å². The van der Waals surface area contributed by atoms with Gasteiger partial charge in [-0.2, -0.15) is 0 Å². The molecular weight excluding hydrogens is 356 g/mol. The van der Waals surface area contributed by atoms with Crippen molar-refractivity contribution in [2.24, 2.45) is 0 Å². The predicted octanol–water partition coefficient (Wildman–Crippen LogP) is 5.04. The molecule has 0 fully saturated rings. The van der Waals surface area contributed by atoms with Crippen LogP contribution >= 0.6 is 0 Å². The molecule has 0 atom stereocenters. The number of phenolic OH excluding ortho intramolecular Hbond substituents is 1. The van der Waals surface area contributed by atoms with Crippen molar-refractivity contribution in [1.82, 2.24) is 0 Å². The Morgan fingerprint density at radius 3 is 2.39 bits per heavy atom. The highest BCUT2D eigenvalue weighted by molar-refractivity contribution is 6.10. The van der Waals surface area contributed by atoms with Gasteiger partial charge < -0.3 is 14.6 Å². The third-order valence-electron chi connectivity index (χ3n) is 4.55. The fourth-order valence-electron chi connectivity index (χ4n) is 2.95. The maximum atomic E-state index is 12.7. The lowest BCUT2D eigenvalue weighted by atomic mass is 10.00. The summed E-state index contributed by atoms with van der Waals surface area (Å²) < 4.78 is 10.6. The van der Waals surface area contributed by atoms with E-state index >= 15 is 0 Å². The van der Waals surface area contributed by atoms with Crippen LogP contribution in [-0.4, -0.2) is 24.0 Å². The van der Waals surface area contributed by atoms with E-state index in [9.17, 15) is 14.7 Å². The molecule has 0 aliphatic rings. The average Bonchev–Trinajstić information content (AvgIpc) is 2.72. The van der Waals surface area contributed by atoms with Crippen LogP contribution in [0.4, 0.5) is 0 Å². The van der Waals surface area contributed by atoms with E-state index in [1.54, 1.807) is 24.3 Å². The molecule has 5 heteroatoms. The molecule has 150 valence electrons. The van der Waals surface area contributed by atoms with Gasteiger partial charge in [0.05, 0.1) is 12.7 Å². The van der Waals surface area contributed by atoms with Crippen LogP contribution in [0.1, 0.15) is 66.9 Å². The molecule has 28 heavy (non-hydrogen) atoms. The third kappa shape index (κ3) is 6.12. The zero-order valence-corrected chi connectivity index (χ0v) is 16.6. The van der Waals surface area contributed by atoms with Crippen LogP contribution in [0.25, 0.3) is 0 Å². The molecule has 0 heterocycles. The van der Waals surface area contributed by atoms with Crippen molar-refractivity contribution in [3.63, 3.8) is 0 Å². The van der Waals surface area contributed by atoms with Gasteiger partial charge in [-0.05, 0) is 12.5 Å². The molecule has 0 aliphatic carbocycles. The predicted molar refractivity (Wildman–Crippen MR) is 108 cm³/mol. The lowest BCUT2D eigenvalue weighted by molar-refractivity contribution is -0.145. The molecule has 0 saturated heterocycles. The molecule has 0 unspecified atom stereocenters. The molecular formula is C23H28O5. The maximum absolute atomic E-state index is 12.7. The quantitative estimate of drug-likeness (QED) is 0.334. The van der Waals surface area contributed by atoms with Gasteiger partial charge in [0, 0.05) is 23.6 Å². The number of hydrogen-bond donors (Lipinski definition) is 1. The lowest BCUT2D eigenvalue weighted by Gasteiger charge is -2.13. The molecule has 0 amide bonds. The Bertz CT molecular complexity index is 783. The van der Waals surface area contributed by atoms with E-state index in [0.717, 1.165) is 25.7 Å². The highest BCUT2D eigenvalue weighted by atomic mass is 16.5. The second-order valence-corrected chi connectivity index (χ2v) is 6.70. The number of rotatable bonds is 11. The van der Waals surface area contributed by atoms with E-state index < -0.39 is 0 Å². The fraction of sp³-hybridized carbons (Fsp3) is 0.391. The standard InChI is InChI=1S/C23H28O5/c1-3-4-5-6-10-13-22(25)28-16-18-14-19(20(24)15-21(18)27-2)23(26)17-11-8-7-9-12-17/h7-9,11-12,14-15,24H,3-6,10,13,16H2,1-2H3. The molecule has 0 aliphatic heterocycles. The molecule has 2 aromatic carbocycles. The Labute approximate surface area is 166 Å². The molecule has 0 bridgehead atoms. The second-order valence-electron chi connectivity index (χ2n) is 6.70. The van der Waals surface area contributed by atoms with E-state index in [4.69, 9.17) is 9.47 Å². The number of carbonyl (C=O) groups excluding carboxylic acids is 2. The molecule has 1 N–H and O–H groups in total. The number of esters is 1. The van der Waals surface area contributed by atoms with Crippen LogP contribution in [0.15, 0.2) is 42.5 Å². The first kappa shape index (κ1) is 21.5. The maximum Gasteiger partial charge on any atom is 0.306 e. The minimum Gasteiger partial charge on any atom is -0.507 e. The third-order valence-corrected chi connectivity index (χ3v) is 4.55. The van der Waals surface area contributed by atoms with E-state index in [0.29, 0.717) is 23.3 Å². The largest absolute Gasteiger partial charge is 0.507 e. The van der Waals surface area contributed by atoms with Gasteiger partial charge in [0.25, 0.3) is 0 Å². The number of carbonyl (C=O) groups is 2. The molecule has 2 aromatic rings. The van der Waals surface area contributed by atoms with Crippen molar-refractivity contribution in [1.29, 1.82) is 0 Å². The van der Waals surface area contributed by atoms with Crippen LogP contribution in [-0.2, 0) is 16.1 Å². The van der Waals surface area contributed by atoms with E-state index in [2.05, 4.69) is 6.92 Å². The van der Waals surface area contributed by atoms with Gasteiger partial charge in [-0.1, -0.05) is 62.9 Å². The Balaban J connectivity index is 2.05. The zero-order chi connectivity index (χ0) is 20.4. The summed E-state index contributed by atoms with van der Waals surface area (Å²) in [6.45, 7) is 2.14. The van der Waals surface area contributed by atoms with Crippen molar-refractivity contribution in [3.8, 4) is 11.5 Å². The van der Waals surface area contributed by atoms with Crippen molar-refractivity contribution in [2.45, 2.75) is 52.1 Å². The molecule has 0 saturated carbocycles. The second kappa shape index (κ2) is 11.1. The van der Waals surface area contributed by atoms with Crippen molar-refractivity contribution >= 4 is 11.8 Å². The zero-order valence-electron chi connectivity index (χ0n) is 16.6. The van der Waals surface area contributed by atoms with Crippen LogP contribution in [0.3, 0.4) is 0 Å². The topological polar surface area (TPSA) is 72.8 Å². The first-order valence-corrected chi connectivity index (χ1v) is 9.72. The number of unbranched alkanes of at least 4 members (excludes halogenated alkanes) is 4. The number of ether oxygens (including phenoxy) is 2. The van der Waals surface area contributed by atoms with Gasteiger partial charge in [-0.25, -0.2) is 0 Å². The Morgan fingerprint density at radius 1 is 1.00 bits per heavy atom. The molecule has 5 nitrogen and oxygen atoms in total. The minimum absolute atomic E-state index is 0.00762. The van der Waals surface area contributed by atoms with E-state index in [1.807, 2.05) is 6.07 Å². The van der Waals surface area contributed by atoms with Crippen LogP contribution in [0.5, 0.6) is 11.5 Å². The highest BCUT2D eigenvalue weighted by Crippen LogP contribution is 2.30. The minimum atomic E-state index is -0.302. The summed E-state index contributed by atoms with van der Waals surface area (Å²) in [5, 5.41) is 10.2. The van der Waals surface area contributed by atoms with Crippen molar-refractivity contribution in [3.05, 3.63) is 59.2 Å². The highest BCUT2D eigenvalue weighted by Gasteiger charge is 2.18. The van der Waals surface area contributed by atoms with Gasteiger partial charge in [0.2, 0.25) is 0 Å². The fourth-order valence-corrected chi connectivity index (χ4v) is 2.95. The summed E-state index contributed by atoms with van der Waals surface area (Å²) in [6, 6.07) is 11.6. The molecule has 0 spiro atoms. The van der Waals surface area contributed by atoms with Gasteiger partial charge in [0.1, 0.15) is 18.1 Å². The number of aromatic hydroxyl groups is 1.